The Morgan fingerprint density at radius 2 is 1.57 bits per heavy atom. The van der Waals surface area contributed by atoms with Gasteiger partial charge in [-0.1, -0.05) is 17.7 Å². The molecule has 0 aliphatic rings. The van der Waals surface area contributed by atoms with Crippen LogP contribution in [0.25, 0.3) is 5.83 Å². The first-order valence-electron chi connectivity index (χ1n) is 10.7. The Morgan fingerprint density at radius 1 is 0.950 bits per heavy atom. The van der Waals surface area contributed by atoms with Crippen LogP contribution >= 0.6 is 11.6 Å². The van der Waals surface area contributed by atoms with Crippen molar-refractivity contribution >= 4 is 29.3 Å². The van der Waals surface area contributed by atoms with Gasteiger partial charge in [-0.2, -0.15) is 39.5 Å². The molecule has 214 valence electrons. The number of carbonyl (C=O) groups is 1. The van der Waals surface area contributed by atoms with Crippen molar-refractivity contribution in [2.24, 2.45) is 0 Å². The Labute approximate surface area is 224 Å². The van der Waals surface area contributed by atoms with Crippen molar-refractivity contribution in [3.05, 3.63) is 93.8 Å². The van der Waals surface area contributed by atoms with Crippen LogP contribution in [-0.2, 0) is 12.4 Å². The number of nitrogens with zero attached hydrogens (tertiary/aromatic N) is 3. The minimum absolute atomic E-state index is 0.0945. The molecule has 0 aliphatic heterocycles. The maximum atomic E-state index is 15.0. The summed E-state index contributed by atoms with van der Waals surface area (Å²) >= 11 is 5.54. The SMILES string of the molecule is CN(NC(=O)c1ccc(C(F)=CC(c2cc(Cl)cc(C(F)(F)F)c2)C(F)(F)F)cc1C(F)(F)F)c1ncccn1. The molecule has 16 heteroatoms. The maximum absolute atomic E-state index is 15.0. The van der Waals surface area contributed by atoms with Crippen LogP contribution in [0.5, 0.6) is 0 Å². The average Bonchev–Trinajstić information content (AvgIpc) is 2.85. The first-order chi connectivity index (χ1) is 18.4. The number of hydrogen-bond acceptors (Lipinski definition) is 4. The van der Waals surface area contributed by atoms with E-state index in [9.17, 15) is 48.7 Å². The number of halogens is 11. The van der Waals surface area contributed by atoms with E-state index in [1.165, 1.54) is 25.5 Å². The van der Waals surface area contributed by atoms with Gasteiger partial charge in [0.05, 0.1) is 16.7 Å². The quantitative estimate of drug-likeness (QED) is 0.234. The number of alkyl halides is 9. The van der Waals surface area contributed by atoms with Crippen LogP contribution in [0, 0.1) is 0 Å². The number of hydrazine groups is 1. The normalized spacial score (nSPS) is 13.7. The van der Waals surface area contributed by atoms with E-state index in [-0.39, 0.29) is 24.2 Å². The van der Waals surface area contributed by atoms with E-state index < -0.39 is 69.0 Å². The summed E-state index contributed by atoms with van der Waals surface area (Å²) in [6, 6.07) is 3.68. The molecule has 3 aromatic rings. The lowest BCUT2D eigenvalue weighted by molar-refractivity contribution is -0.142. The maximum Gasteiger partial charge on any atom is 0.417 e. The van der Waals surface area contributed by atoms with E-state index in [0.29, 0.717) is 24.3 Å². The van der Waals surface area contributed by atoms with E-state index in [4.69, 9.17) is 11.6 Å². The van der Waals surface area contributed by atoms with Gasteiger partial charge in [-0.05, 0) is 48.0 Å². The molecule has 0 spiro atoms. The van der Waals surface area contributed by atoms with Gasteiger partial charge in [-0.3, -0.25) is 15.2 Å². The van der Waals surface area contributed by atoms with Crippen molar-refractivity contribution in [2.45, 2.75) is 24.4 Å². The fourth-order valence-corrected chi connectivity index (χ4v) is 3.67. The molecule has 5 nitrogen and oxygen atoms in total. The largest absolute Gasteiger partial charge is 0.417 e. The smallest absolute Gasteiger partial charge is 0.267 e. The Hall–Kier alpha value is -3.88. The Morgan fingerprint density at radius 3 is 2.12 bits per heavy atom. The van der Waals surface area contributed by atoms with Gasteiger partial charge >= 0.3 is 18.5 Å². The molecule has 1 aromatic heterocycles. The molecule has 0 bridgehead atoms. The number of rotatable bonds is 6. The van der Waals surface area contributed by atoms with Gasteiger partial charge < -0.3 is 0 Å². The van der Waals surface area contributed by atoms with Crippen LogP contribution in [0.15, 0.2) is 60.9 Å². The van der Waals surface area contributed by atoms with Gasteiger partial charge in [0, 0.05) is 30.0 Å². The molecular weight excluding hydrogens is 586 g/mol. The number of aromatic nitrogens is 2. The molecule has 1 heterocycles. The molecule has 2 aromatic carbocycles. The van der Waals surface area contributed by atoms with E-state index in [0.717, 1.165) is 5.01 Å². The minimum Gasteiger partial charge on any atom is -0.267 e. The average molecular weight is 601 g/mol. The second-order valence-corrected chi connectivity index (χ2v) is 8.55. The van der Waals surface area contributed by atoms with Gasteiger partial charge in [0.25, 0.3) is 5.91 Å². The number of anilines is 1. The van der Waals surface area contributed by atoms with E-state index in [1.807, 2.05) is 0 Å². The van der Waals surface area contributed by atoms with Crippen LogP contribution in [0.3, 0.4) is 0 Å². The first kappa shape index (κ1) is 30.7. The molecule has 40 heavy (non-hydrogen) atoms. The van der Waals surface area contributed by atoms with Crippen LogP contribution in [0.4, 0.5) is 49.9 Å². The molecule has 0 saturated heterocycles. The van der Waals surface area contributed by atoms with E-state index in [2.05, 4.69) is 15.4 Å². The predicted molar refractivity (Wildman–Crippen MR) is 124 cm³/mol. The first-order valence-corrected chi connectivity index (χ1v) is 11.1. The molecule has 1 N–H and O–H groups in total. The molecule has 3 rings (SSSR count). The van der Waals surface area contributed by atoms with Gasteiger partial charge in [0.1, 0.15) is 11.7 Å². The van der Waals surface area contributed by atoms with Crippen LogP contribution in [0.1, 0.15) is 38.5 Å². The highest BCUT2D eigenvalue weighted by Gasteiger charge is 2.42. The lowest BCUT2D eigenvalue weighted by Crippen LogP contribution is -2.41. The number of hydrogen-bond donors (Lipinski definition) is 1. The molecule has 0 radical (unpaired) electrons. The number of nitrogens with one attached hydrogen (secondary N) is 1. The van der Waals surface area contributed by atoms with Crippen molar-refractivity contribution < 1.29 is 48.7 Å². The molecule has 0 aliphatic carbocycles. The molecule has 0 fully saturated rings. The predicted octanol–water partition coefficient (Wildman–Crippen LogP) is 7.61. The fourth-order valence-electron chi connectivity index (χ4n) is 3.43. The van der Waals surface area contributed by atoms with Crippen molar-refractivity contribution in [1.29, 1.82) is 0 Å². The second-order valence-electron chi connectivity index (χ2n) is 8.11. The number of benzene rings is 2. The molecule has 1 amide bonds. The summed E-state index contributed by atoms with van der Waals surface area (Å²) in [4.78, 5) is 20.1. The van der Waals surface area contributed by atoms with Crippen molar-refractivity contribution in [3.63, 3.8) is 0 Å². The standard InChI is InChI=1S/C24H15ClF10N4O/c1-39(21-36-5-2-6-37-21)38-20(40)16-4-3-12(9-18(16)24(33,34)35)19(26)11-17(23(30,31)32)13-7-14(22(27,28)29)10-15(25)8-13/h2-11,17H,1H3,(H,38,40). The highest BCUT2D eigenvalue weighted by atomic mass is 35.5. The summed E-state index contributed by atoms with van der Waals surface area (Å²) in [5, 5.41) is 0.166. The lowest BCUT2D eigenvalue weighted by atomic mass is 9.94. The third kappa shape index (κ3) is 7.40. The van der Waals surface area contributed by atoms with Crippen molar-refractivity contribution in [1.82, 2.24) is 15.4 Å². The third-order valence-electron chi connectivity index (χ3n) is 5.24. The van der Waals surface area contributed by atoms with Gasteiger partial charge in [0.2, 0.25) is 5.95 Å². The van der Waals surface area contributed by atoms with E-state index in [1.54, 1.807) is 0 Å². The summed E-state index contributed by atoms with van der Waals surface area (Å²) in [7, 11) is 1.22. The lowest BCUT2D eigenvalue weighted by Gasteiger charge is -2.21. The molecule has 0 saturated carbocycles. The van der Waals surface area contributed by atoms with Crippen LogP contribution in [0.2, 0.25) is 5.02 Å². The van der Waals surface area contributed by atoms with Crippen molar-refractivity contribution in [3.8, 4) is 0 Å². The van der Waals surface area contributed by atoms with Crippen LogP contribution < -0.4 is 10.4 Å². The number of carbonyl (C=O) groups excluding carboxylic acids is 1. The summed E-state index contributed by atoms with van der Waals surface area (Å²) in [6.07, 6.45) is -13.3. The molecule has 1 atom stereocenters. The van der Waals surface area contributed by atoms with Gasteiger partial charge in [-0.25, -0.2) is 14.4 Å². The summed E-state index contributed by atoms with van der Waals surface area (Å²) < 4.78 is 137. The zero-order valence-electron chi connectivity index (χ0n) is 19.8. The number of amides is 1. The summed E-state index contributed by atoms with van der Waals surface area (Å²) in [5.74, 6) is -6.28. The Balaban J connectivity index is 2.03. The minimum atomic E-state index is -5.36. The van der Waals surface area contributed by atoms with Gasteiger partial charge in [0.15, 0.2) is 0 Å². The second kappa shape index (κ2) is 11.3. The summed E-state index contributed by atoms with van der Waals surface area (Å²) in [5.41, 5.74) is -4.28. The highest BCUT2D eigenvalue weighted by Crippen LogP contribution is 2.42. The van der Waals surface area contributed by atoms with E-state index >= 15 is 0 Å². The fraction of sp³-hybridized carbons (Fsp3) is 0.208. The zero-order valence-corrected chi connectivity index (χ0v) is 20.5. The molecule has 1 unspecified atom stereocenters. The molecular formula is C24H15ClF10N4O. The number of allylic oxidation sites excluding steroid dienone is 1. The van der Waals surface area contributed by atoms with Crippen LogP contribution in [-0.4, -0.2) is 29.1 Å². The Kier molecular flexibility index (Phi) is 8.67. The summed E-state index contributed by atoms with van der Waals surface area (Å²) in [6.45, 7) is 0. The Bertz CT molecular complexity index is 1410. The highest BCUT2D eigenvalue weighted by molar-refractivity contribution is 6.30. The van der Waals surface area contributed by atoms with Crippen molar-refractivity contribution in [2.75, 3.05) is 12.1 Å². The monoisotopic (exact) mass is 600 g/mol. The third-order valence-corrected chi connectivity index (χ3v) is 5.46. The zero-order chi connectivity index (χ0) is 30.0. The topological polar surface area (TPSA) is 58.1 Å². The van der Waals surface area contributed by atoms with Gasteiger partial charge in [-0.15, -0.1) is 0 Å².